The zero-order valence-corrected chi connectivity index (χ0v) is 21.2. The maximum absolute atomic E-state index is 12.6. The van der Waals surface area contributed by atoms with Crippen LogP contribution in [0.1, 0.15) is 23.5 Å². The van der Waals surface area contributed by atoms with Crippen molar-refractivity contribution in [2.45, 2.75) is 19.4 Å². The quantitative estimate of drug-likeness (QED) is 0.254. The number of aromatic nitrogens is 3. The Morgan fingerprint density at radius 3 is 2.49 bits per heavy atom. The van der Waals surface area contributed by atoms with E-state index in [1.54, 1.807) is 29.7 Å². The molecule has 2 N–H and O–H groups in total. The highest BCUT2D eigenvalue weighted by atomic mass is 32.1. The van der Waals surface area contributed by atoms with Gasteiger partial charge in [-0.15, -0.1) is 39.1 Å². The summed E-state index contributed by atoms with van der Waals surface area (Å²) >= 11 is 4.70. The second-order valence-corrected chi connectivity index (χ2v) is 11.1. The van der Waals surface area contributed by atoms with E-state index in [0.29, 0.717) is 11.5 Å². The molecule has 1 atom stereocenters. The van der Waals surface area contributed by atoms with Gasteiger partial charge in [-0.25, -0.2) is 9.48 Å². The van der Waals surface area contributed by atoms with Crippen molar-refractivity contribution < 1.29 is 19.4 Å². The number of carboxylic acid groups (broad SMARTS) is 1. The Kier molecular flexibility index (Phi) is 6.37. The minimum atomic E-state index is -0.831. The van der Waals surface area contributed by atoms with Crippen LogP contribution in [0.2, 0.25) is 0 Å². The molecule has 0 bridgehead atoms. The number of hydrogen-bond acceptors (Lipinski definition) is 8. The molecule has 4 heterocycles. The van der Waals surface area contributed by atoms with Crippen LogP contribution in [-0.4, -0.2) is 32.2 Å². The molecule has 0 aliphatic rings. The first-order valence-electron chi connectivity index (χ1n) is 10.6. The SMILES string of the molecule is C[C@@H](OC(=O)Nc1c(-c2cc3sc(-c4ccc(CC(=O)O)s4)cc3s2)nnn1C)c1ccccc1. The molecule has 5 aromatic rings. The number of anilines is 1. The molecule has 35 heavy (non-hydrogen) atoms. The van der Waals surface area contributed by atoms with E-state index in [2.05, 4.69) is 21.7 Å². The standard InChI is InChI=1S/C24H20N4O4S3/c1-13(14-6-4-3-5-7-14)32-24(31)25-23-22(26-27-28(23)2)20-12-19-18(35-20)11-17(34-19)16-9-8-15(33-16)10-21(29)30/h3-9,11-13H,10H2,1-2H3,(H,25,31)(H,29,30)/t13-/m1/s1. The number of ether oxygens (including phenoxy) is 1. The van der Waals surface area contributed by atoms with E-state index in [0.717, 1.165) is 34.5 Å². The highest BCUT2D eigenvalue weighted by molar-refractivity contribution is 7.32. The molecule has 11 heteroatoms. The third-order valence-electron chi connectivity index (χ3n) is 5.27. The minimum absolute atomic E-state index is 0.0313. The number of rotatable bonds is 7. The molecule has 0 aliphatic heterocycles. The first kappa shape index (κ1) is 23.2. The van der Waals surface area contributed by atoms with Crippen LogP contribution >= 0.6 is 34.0 Å². The molecule has 0 saturated heterocycles. The molecule has 4 aromatic heterocycles. The fourth-order valence-electron chi connectivity index (χ4n) is 3.57. The molecule has 0 aliphatic carbocycles. The largest absolute Gasteiger partial charge is 0.481 e. The van der Waals surface area contributed by atoms with Gasteiger partial charge < -0.3 is 9.84 Å². The number of fused-ring (bicyclic) bond motifs is 1. The van der Waals surface area contributed by atoms with E-state index in [9.17, 15) is 9.59 Å². The molecule has 178 valence electrons. The monoisotopic (exact) mass is 524 g/mol. The van der Waals surface area contributed by atoms with Gasteiger partial charge in [-0.05, 0) is 36.8 Å². The highest BCUT2D eigenvalue weighted by Crippen LogP contribution is 2.44. The van der Waals surface area contributed by atoms with Crippen LogP contribution in [0.3, 0.4) is 0 Å². The number of carbonyl (C=O) groups is 2. The summed E-state index contributed by atoms with van der Waals surface area (Å²) in [7, 11) is 1.71. The summed E-state index contributed by atoms with van der Waals surface area (Å²) in [6, 6.07) is 17.5. The van der Waals surface area contributed by atoms with E-state index >= 15 is 0 Å². The summed E-state index contributed by atoms with van der Waals surface area (Å²) < 4.78 is 9.23. The molecular weight excluding hydrogens is 504 g/mol. The Hall–Kier alpha value is -3.54. The van der Waals surface area contributed by atoms with E-state index in [1.807, 2.05) is 55.5 Å². The number of carboxylic acids is 1. The molecule has 8 nitrogen and oxygen atoms in total. The Bertz CT molecular complexity index is 1480. The predicted molar refractivity (Wildman–Crippen MR) is 139 cm³/mol. The van der Waals surface area contributed by atoms with Crippen molar-refractivity contribution >= 4 is 61.3 Å². The van der Waals surface area contributed by atoms with Crippen LogP contribution < -0.4 is 5.32 Å². The van der Waals surface area contributed by atoms with Crippen LogP contribution in [0.5, 0.6) is 0 Å². The summed E-state index contributed by atoms with van der Waals surface area (Å²) in [6.45, 7) is 1.82. The lowest BCUT2D eigenvalue weighted by molar-refractivity contribution is -0.136. The van der Waals surface area contributed by atoms with Gasteiger partial charge in [0.25, 0.3) is 0 Å². The predicted octanol–water partition coefficient (Wildman–Crippen LogP) is 6.42. The van der Waals surface area contributed by atoms with Crippen LogP contribution in [0.15, 0.2) is 54.6 Å². The first-order chi connectivity index (χ1) is 16.9. The molecule has 5 rings (SSSR count). The Labute approximate surface area is 212 Å². The minimum Gasteiger partial charge on any atom is -0.481 e. The van der Waals surface area contributed by atoms with Crippen LogP contribution in [0.25, 0.3) is 29.7 Å². The third kappa shape index (κ3) is 4.97. The maximum Gasteiger partial charge on any atom is 0.413 e. The molecule has 0 fully saturated rings. The first-order valence-corrected chi connectivity index (χ1v) is 13.1. The second kappa shape index (κ2) is 9.61. The van der Waals surface area contributed by atoms with Crippen molar-refractivity contribution in [1.82, 2.24) is 15.0 Å². The van der Waals surface area contributed by atoms with Crippen molar-refractivity contribution in [2.75, 3.05) is 5.32 Å². The van der Waals surface area contributed by atoms with Crippen molar-refractivity contribution in [1.29, 1.82) is 0 Å². The van der Waals surface area contributed by atoms with Crippen molar-refractivity contribution in [3.8, 4) is 20.3 Å². The van der Waals surface area contributed by atoms with Gasteiger partial charge in [0.2, 0.25) is 0 Å². The summed E-state index contributed by atoms with van der Waals surface area (Å²) in [5.41, 5.74) is 1.48. The normalized spacial score (nSPS) is 12.1. The Balaban J connectivity index is 1.34. The van der Waals surface area contributed by atoms with E-state index in [1.165, 1.54) is 16.0 Å². The van der Waals surface area contributed by atoms with Gasteiger partial charge in [0.15, 0.2) is 5.82 Å². The summed E-state index contributed by atoms with van der Waals surface area (Å²) in [6.07, 6.45) is -0.952. The molecule has 0 saturated carbocycles. The number of hydrogen-bond donors (Lipinski definition) is 2. The zero-order valence-electron chi connectivity index (χ0n) is 18.7. The number of amides is 1. The number of aliphatic carboxylic acids is 1. The van der Waals surface area contributed by atoms with E-state index < -0.39 is 18.2 Å². The van der Waals surface area contributed by atoms with Crippen molar-refractivity contribution in [3.05, 3.63) is 65.0 Å². The van der Waals surface area contributed by atoms with Crippen LogP contribution in [0.4, 0.5) is 10.6 Å². The van der Waals surface area contributed by atoms with Gasteiger partial charge in [0.05, 0.1) is 11.3 Å². The summed E-state index contributed by atoms with van der Waals surface area (Å²) in [5, 5.41) is 20.2. The topological polar surface area (TPSA) is 106 Å². The summed E-state index contributed by atoms with van der Waals surface area (Å²) in [4.78, 5) is 27.4. The number of thiophene rings is 3. The maximum atomic E-state index is 12.6. The lowest BCUT2D eigenvalue weighted by Gasteiger charge is -2.14. The molecule has 1 aromatic carbocycles. The zero-order chi connectivity index (χ0) is 24.5. The molecule has 0 spiro atoms. The molecular formula is C24H20N4O4S3. The van der Waals surface area contributed by atoms with Gasteiger partial charge in [0, 0.05) is 31.1 Å². The highest BCUT2D eigenvalue weighted by Gasteiger charge is 2.21. The number of carbonyl (C=O) groups excluding carboxylic acids is 1. The van der Waals surface area contributed by atoms with Gasteiger partial charge in [-0.3, -0.25) is 10.1 Å². The lowest BCUT2D eigenvalue weighted by atomic mass is 10.1. The van der Waals surface area contributed by atoms with Gasteiger partial charge in [-0.1, -0.05) is 35.5 Å². The van der Waals surface area contributed by atoms with Gasteiger partial charge in [-0.2, -0.15) is 0 Å². The Morgan fingerprint density at radius 1 is 1.03 bits per heavy atom. The summed E-state index contributed by atoms with van der Waals surface area (Å²) in [5.74, 6) is -0.372. The average molecular weight is 525 g/mol. The van der Waals surface area contributed by atoms with Gasteiger partial charge >= 0.3 is 12.1 Å². The fraction of sp³-hybridized carbons (Fsp3) is 0.167. The number of benzene rings is 1. The number of aryl methyl sites for hydroxylation is 1. The molecule has 0 unspecified atom stereocenters. The van der Waals surface area contributed by atoms with Crippen LogP contribution in [-0.2, 0) is 23.0 Å². The average Bonchev–Trinajstić information content (AvgIpc) is 3.58. The van der Waals surface area contributed by atoms with Crippen molar-refractivity contribution in [2.24, 2.45) is 7.05 Å². The van der Waals surface area contributed by atoms with Crippen molar-refractivity contribution in [3.63, 3.8) is 0 Å². The lowest BCUT2D eigenvalue weighted by Crippen LogP contribution is -2.18. The third-order valence-corrected chi connectivity index (χ3v) is 8.85. The number of nitrogens with one attached hydrogen (secondary N) is 1. The second-order valence-electron chi connectivity index (χ2n) is 7.78. The van der Waals surface area contributed by atoms with E-state index in [-0.39, 0.29) is 6.42 Å². The number of nitrogens with zero attached hydrogens (tertiary/aromatic N) is 3. The van der Waals surface area contributed by atoms with E-state index in [4.69, 9.17) is 9.84 Å². The Morgan fingerprint density at radius 2 is 1.74 bits per heavy atom. The molecule has 1 amide bonds. The molecule has 0 radical (unpaired) electrons. The van der Waals surface area contributed by atoms with Crippen LogP contribution in [0, 0.1) is 0 Å². The van der Waals surface area contributed by atoms with Gasteiger partial charge in [0.1, 0.15) is 11.8 Å². The fourth-order valence-corrected chi connectivity index (χ4v) is 7.03. The smallest absolute Gasteiger partial charge is 0.413 e.